The Morgan fingerprint density at radius 3 is 2.50 bits per heavy atom. The van der Waals surface area contributed by atoms with Crippen molar-refractivity contribution in [1.82, 2.24) is 5.32 Å². The van der Waals surface area contributed by atoms with Crippen LogP contribution in [0.25, 0.3) is 0 Å². The maximum Gasteiger partial charge on any atom is 0.271 e. The number of non-ortho nitro benzene ring substituents is 1. The number of nitrogens with zero attached hydrogens (tertiary/aromatic N) is 2. The van der Waals surface area contributed by atoms with Crippen molar-refractivity contribution in [3.63, 3.8) is 0 Å². The molecule has 0 saturated heterocycles. The number of nitro benzene ring substituents is 1. The third-order valence-electron chi connectivity index (χ3n) is 3.40. The first-order valence-electron chi connectivity index (χ1n) is 7.51. The summed E-state index contributed by atoms with van der Waals surface area (Å²) in [5.74, 6) is -0.0395. The second-order valence-corrected chi connectivity index (χ2v) is 7.94. The fourth-order valence-electron chi connectivity index (χ4n) is 2.05. The summed E-state index contributed by atoms with van der Waals surface area (Å²) in [6.07, 6.45) is 1.74. The average Bonchev–Trinajstić information content (AvgIpc) is 2.43. The van der Waals surface area contributed by atoms with Gasteiger partial charge >= 0.3 is 0 Å². The Bertz CT molecular complexity index is 716. The maximum absolute atomic E-state index is 12.1. The van der Waals surface area contributed by atoms with Crippen molar-refractivity contribution in [3.8, 4) is 0 Å². The lowest BCUT2D eigenvalue weighted by Crippen LogP contribution is -2.41. The molecule has 0 unspecified atom stereocenters. The Labute approximate surface area is 142 Å². The van der Waals surface area contributed by atoms with E-state index in [1.54, 1.807) is 6.92 Å². The van der Waals surface area contributed by atoms with Crippen molar-refractivity contribution in [2.45, 2.75) is 27.2 Å². The van der Waals surface area contributed by atoms with Crippen LogP contribution in [-0.4, -0.2) is 38.6 Å². The number of benzene rings is 1. The van der Waals surface area contributed by atoms with Crippen molar-refractivity contribution in [2.75, 3.05) is 23.7 Å². The molecule has 0 atom stereocenters. The molecule has 0 radical (unpaired) electrons. The highest BCUT2D eigenvalue weighted by Crippen LogP contribution is 2.27. The second kappa shape index (κ2) is 8.09. The van der Waals surface area contributed by atoms with Crippen LogP contribution < -0.4 is 9.62 Å². The quantitative estimate of drug-likeness (QED) is 0.564. The van der Waals surface area contributed by atoms with E-state index in [9.17, 15) is 23.3 Å². The van der Waals surface area contributed by atoms with Crippen LogP contribution in [0.3, 0.4) is 0 Å². The monoisotopic (exact) mass is 357 g/mol. The zero-order valence-corrected chi connectivity index (χ0v) is 15.1. The SMILES string of the molecule is Cc1ccc([N+](=O)[O-])cc1N(CC(=O)NCCC(C)C)S(C)(=O)=O. The van der Waals surface area contributed by atoms with E-state index in [2.05, 4.69) is 5.32 Å². The minimum Gasteiger partial charge on any atom is -0.355 e. The fourth-order valence-corrected chi connectivity index (χ4v) is 2.95. The van der Waals surface area contributed by atoms with Gasteiger partial charge in [0, 0.05) is 18.7 Å². The Hall–Kier alpha value is -2.16. The smallest absolute Gasteiger partial charge is 0.271 e. The molecule has 0 aliphatic rings. The van der Waals surface area contributed by atoms with Crippen LogP contribution in [0.5, 0.6) is 0 Å². The van der Waals surface area contributed by atoms with Crippen molar-refractivity contribution in [3.05, 3.63) is 33.9 Å². The summed E-state index contributed by atoms with van der Waals surface area (Å²) in [4.78, 5) is 22.4. The molecule has 24 heavy (non-hydrogen) atoms. The molecule has 0 fully saturated rings. The number of nitro groups is 1. The van der Waals surface area contributed by atoms with Gasteiger partial charge in [0.2, 0.25) is 15.9 Å². The Morgan fingerprint density at radius 2 is 2.00 bits per heavy atom. The number of nitrogens with one attached hydrogen (secondary N) is 1. The highest BCUT2D eigenvalue weighted by atomic mass is 32.2. The van der Waals surface area contributed by atoms with Gasteiger partial charge < -0.3 is 5.32 Å². The lowest BCUT2D eigenvalue weighted by molar-refractivity contribution is -0.384. The lowest BCUT2D eigenvalue weighted by Gasteiger charge is -2.23. The summed E-state index contributed by atoms with van der Waals surface area (Å²) in [7, 11) is -3.77. The molecule has 9 heteroatoms. The Balaban J connectivity index is 3.05. The number of carbonyl (C=O) groups excluding carboxylic acids is 1. The molecule has 1 amide bonds. The van der Waals surface area contributed by atoms with E-state index >= 15 is 0 Å². The number of carbonyl (C=O) groups is 1. The molecule has 0 bridgehead atoms. The van der Waals surface area contributed by atoms with Gasteiger partial charge in [-0.25, -0.2) is 8.42 Å². The number of sulfonamides is 1. The standard InChI is InChI=1S/C15H23N3O5S/c1-11(2)7-8-16-15(19)10-17(24(4,22)23)14-9-13(18(20)21)6-5-12(14)3/h5-6,9,11H,7-8,10H2,1-4H3,(H,16,19). The van der Waals surface area contributed by atoms with Crippen LogP contribution in [0.4, 0.5) is 11.4 Å². The second-order valence-electron chi connectivity index (χ2n) is 6.03. The van der Waals surface area contributed by atoms with Crippen molar-refractivity contribution < 1.29 is 18.1 Å². The third-order valence-corrected chi connectivity index (χ3v) is 4.53. The van der Waals surface area contributed by atoms with Crippen LogP contribution in [0, 0.1) is 23.0 Å². The predicted molar refractivity (Wildman–Crippen MR) is 92.5 cm³/mol. The summed E-state index contributed by atoms with van der Waals surface area (Å²) < 4.78 is 25.0. The van der Waals surface area contributed by atoms with Crippen LogP contribution >= 0.6 is 0 Å². The molecular formula is C15H23N3O5S. The minimum absolute atomic E-state index is 0.130. The Kier molecular flexibility index (Phi) is 6.70. The van der Waals surface area contributed by atoms with E-state index in [0.29, 0.717) is 18.0 Å². The van der Waals surface area contributed by atoms with Crippen molar-refractivity contribution in [2.24, 2.45) is 5.92 Å². The molecule has 8 nitrogen and oxygen atoms in total. The van der Waals surface area contributed by atoms with E-state index in [1.807, 2.05) is 13.8 Å². The molecule has 0 spiro atoms. The van der Waals surface area contributed by atoms with E-state index < -0.39 is 27.4 Å². The zero-order chi connectivity index (χ0) is 18.5. The van der Waals surface area contributed by atoms with Gasteiger partial charge in [0.15, 0.2) is 0 Å². The van der Waals surface area contributed by atoms with Gasteiger partial charge in [0.05, 0.1) is 16.9 Å². The Morgan fingerprint density at radius 1 is 1.38 bits per heavy atom. The van der Waals surface area contributed by atoms with Crippen LogP contribution in [0.15, 0.2) is 18.2 Å². The molecule has 0 aliphatic heterocycles. The van der Waals surface area contributed by atoms with Crippen LogP contribution in [0.2, 0.25) is 0 Å². The molecule has 1 aromatic carbocycles. The van der Waals surface area contributed by atoms with Gasteiger partial charge in [0.25, 0.3) is 5.69 Å². The third kappa shape index (κ3) is 5.80. The van der Waals surface area contributed by atoms with E-state index in [1.165, 1.54) is 12.1 Å². The first-order chi connectivity index (χ1) is 11.0. The number of anilines is 1. The topological polar surface area (TPSA) is 110 Å². The first-order valence-corrected chi connectivity index (χ1v) is 9.36. The zero-order valence-electron chi connectivity index (χ0n) is 14.3. The average molecular weight is 357 g/mol. The number of hydrogen-bond donors (Lipinski definition) is 1. The molecule has 0 saturated carbocycles. The first kappa shape index (κ1) is 19.9. The maximum atomic E-state index is 12.1. The molecule has 1 rings (SSSR count). The summed E-state index contributed by atoms with van der Waals surface area (Å²) in [6, 6.07) is 3.92. The normalized spacial score (nSPS) is 11.4. The summed E-state index contributed by atoms with van der Waals surface area (Å²) >= 11 is 0. The molecule has 1 N–H and O–H groups in total. The van der Waals surface area contributed by atoms with Gasteiger partial charge in [-0.3, -0.25) is 19.2 Å². The number of hydrogen-bond acceptors (Lipinski definition) is 5. The minimum atomic E-state index is -3.77. The summed E-state index contributed by atoms with van der Waals surface area (Å²) in [5, 5.41) is 13.6. The summed E-state index contributed by atoms with van der Waals surface area (Å²) in [5.41, 5.74) is 0.427. The van der Waals surface area contributed by atoms with Crippen molar-refractivity contribution >= 4 is 27.3 Å². The number of amides is 1. The number of rotatable bonds is 8. The molecular weight excluding hydrogens is 334 g/mol. The lowest BCUT2D eigenvalue weighted by atomic mass is 10.1. The van der Waals surface area contributed by atoms with Gasteiger partial charge in [0.1, 0.15) is 6.54 Å². The van der Waals surface area contributed by atoms with Crippen molar-refractivity contribution in [1.29, 1.82) is 0 Å². The van der Waals surface area contributed by atoms with Gasteiger partial charge in [-0.05, 0) is 24.8 Å². The van der Waals surface area contributed by atoms with Gasteiger partial charge in [-0.2, -0.15) is 0 Å². The molecule has 0 aliphatic carbocycles. The van der Waals surface area contributed by atoms with Crippen LogP contribution in [-0.2, 0) is 14.8 Å². The highest BCUT2D eigenvalue weighted by Gasteiger charge is 2.24. The fraction of sp³-hybridized carbons (Fsp3) is 0.533. The largest absolute Gasteiger partial charge is 0.355 e. The summed E-state index contributed by atoms with van der Waals surface area (Å²) in [6.45, 7) is 5.69. The van der Waals surface area contributed by atoms with E-state index in [4.69, 9.17) is 0 Å². The molecule has 0 heterocycles. The van der Waals surface area contributed by atoms with E-state index in [0.717, 1.165) is 23.0 Å². The molecule has 0 aromatic heterocycles. The number of aryl methyl sites for hydroxylation is 1. The molecule has 134 valence electrons. The van der Waals surface area contributed by atoms with Gasteiger partial charge in [-0.15, -0.1) is 0 Å². The van der Waals surface area contributed by atoms with E-state index in [-0.39, 0.29) is 11.4 Å². The highest BCUT2D eigenvalue weighted by molar-refractivity contribution is 7.92. The molecule has 1 aromatic rings. The van der Waals surface area contributed by atoms with Gasteiger partial charge in [-0.1, -0.05) is 19.9 Å². The van der Waals surface area contributed by atoms with Crippen LogP contribution in [0.1, 0.15) is 25.8 Å². The predicted octanol–water partition coefficient (Wildman–Crippen LogP) is 1.83.